The molecule has 0 bridgehead atoms. The van der Waals surface area contributed by atoms with Crippen LogP contribution in [0, 0.1) is 5.82 Å². The first-order chi connectivity index (χ1) is 15.0. The molecule has 0 saturated carbocycles. The summed E-state index contributed by atoms with van der Waals surface area (Å²) in [4.78, 5) is 28.7. The van der Waals surface area contributed by atoms with Gasteiger partial charge < -0.3 is 19.7 Å². The second-order valence-corrected chi connectivity index (χ2v) is 7.12. The van der Waals surface area contributed by atoms with Gasteiger partial charge in [0.1, 0.15) is 17.3 Å². The van der Waals surface area contributed by atoms with E-state index in [0.717, 1.165) is 0 Å². The molecule has 1 fully saturated rings. The van der Waals surface area contributed by atoms with Gasteiger partial charge in [-0.1, -0.05) is 12.1 Å². The van der Waals surface area contributed by atoms with E-state index in [2.05, 4.69) is 5.32 Å². The highest BCUT2D eigenvalue weighted by atomic mass is 19.1. The zero-order valence-electron chi connectivity index (χ0n) is 17.9. The van der Waals surface area contributed by atoms with Crippen molar-refractivity contribution in [1.29, 1.82) is 0 Å². The van der Waals surface area contributed by atoms with Gasteiger partial charge in [-0.05, 0) is 38.1 Å². The molecule has 2 aromatic carbocycles. The topological polar surface area (TPSA) is 71.1 Å². The van der Waals surface area contributed by atoms with Crippen molar-refractivity contribution in [2.24, 2.45) is 0 Å². The second kappa shape index (κ2) is 10.8. The molecule has 1 aliphatic rings. The molecule has 1 N–H and O–H groups in total. The maximum absolute atomic E-state index is 13.9. The predicted molar refractivity (Wildman–Crippen MR) is 116 cm³/mol. The summed E-state index contributed by atoms with van der Waals surface area (Å²) in [5.41, 5.74) is 0.637. The molecule has 7 nitrogen and oxygen atoms in total. The number of nitrogens with zero attached hydrogens (tertiary/aromatic N) is 2. The Bertz CT molecular complexity index is 913. The number of nitrogens with one attached hydrogen (secondary N) is 1. The van der Waals surface area contributed by atoms with E-state index in [-0.39, 0.29) is 23.9 Å². The van der Waals surface area contributed by atoms with E-state index in [1.807, 2.05) is 18.7 Å². The molecule has 0 aromatic heterocycles. The Kier molecular flexibility index (Phi) is 7.83. The van der Waals surface area contributed by atoms with Gasteiger partial charge in [0.15, 0.2) is 0 Å². The Morgan fingerprint density at radius 1 is 1.00 bits per heavy atom. The zero-order chi connectivity index (χ0) is 22.2. The van der Waals surface area contributed by atoms with Crippen molar-refractivity contribution >= 4 is 17.5 Å². The monoisotopic (exact) mass is 429 g/mol. The molecule has 0 radical (unpaired) electrons. The molecule has 166 valence electrons. The lowest BCUT2D eigenvalue weighted by Gasteiger charge is -2.34. The molecule has 2 amide bonds. The molecule has 8 heteroatoms. The number of rotatable bonds is 8. The number of carbonyl (C=O) groups excluding carboxylic acids is 2. The van der Waals surface area contributed by atoms with Crippen LogP contribution in [0.5, 0.6) is 11.5 Å². The van der Waals surface area contributed by atoms with Crippen LogP contribution in [0.4, 0.5) is 10.1 Å². The van der Waals surface area contributed by atoms with Gasteiger partial charge in [0.25, 0.3) is 5.91 Å². The number of anilines is 1. The van der Waals surface area contributed by atoms with E-state index in [1.54, 1.807) is 35.2 Å². The molecule has 1 heterocycles. The first kappa shape index (κ1) is 22.6. The van der Waals surface area contributed by atoms with Crippen LogP contribution in [0.2, 0.25) is 0 Å². The van der Waals surface area contributed by atoms with Gasteiger partial charge in [0, 0.05) is 32.2 Å². The fraction of sp³-hybridized carbons (Fsp3) is 0.391. The molecule has 0 spiro atoms. The molecule has 0 atom stereocenters. The van der Waals surface area contributed by atoms with Crippen LogP contribution in [-0.4, -0.2) is 67.6 Å². The largest absolute Gasteiger partial charge is 0.494 e. The third kappa shape index (κ3) is 5.95. The lowest BCUT2D eigenvalue weighted by molar-refractivity contribution is -0.117. The number of benzene rings is 2. The summed E-state index contributed by atoms with van der Waals surface area (Å²) in [6.07, 6.45) is 0. The SMILES string of the molecule is CCOc1ccc(OCC)c(NC(=O)CN2CCN(C(=O)c3ccccc3F)CC2)c1. The summed E-state index contributed by atoms with van der Waals surface area (Å²) in [5.74, 6) is 0.217. The normalized spacial score (nSPS) is 14.2. The molecule has 0 unspecified atom stereocenters. The van der Waals surface area contributed by atoms with Crippen LogP contribution in [0.1, 0.15) is 24.2 Å². The Labute approximate surface area is 181 Å². The minimum Gasteiger partial charge on any atom is -0.494 e. The van der Waals surface area contributed by atoms with Crippen LogP contribution in [0.3, 0.4) is 0 Å². The van der Waals surface area contributed by atoms with Crippen molar-refractivity contribution in [2.75, 3.05) is 51.3 Å². The Morgan fingerprint density at radius 3 is 2.39 bits per heavy atom. The zero-order valence-corrected chi connectivity index (χ0v) is 17.9. The number of hydrogen-bond donors (Lipinski definition) is 1. The lowest BCUT2D eigenvalue weighted by Crippen LogP contribution is -2.50. The minimum atomic E-state index is -0.520. The van der Waals surface area contributed by atoms with Gasteiger partial charge in [-0.3, -0.25) is 14.5 Å². The van der Waals surface area contributed by atoms with E-state index in [0.29, 0.717) is 56.6 Å². The van der Waals surface area contributed by atoms with Gasteiger partial charge in [0.05, 0.1) is 31.0 Å². The minimum absolute atomic E-state index is 0.0753. The van der Waals surface area contributed by atoms with Gasteiger partial charge in [-0.25, -0.2) is 4.39 Å². The maximum atomic E-state index is 13.9. The number of amides is 2. The summed E-state index contributed by atoms with van der Waals surface area (Å²) >= 11 is 0. The van der Waals surface area contributed by atoms with Gasteiger partial charge in [0.2, 0.25) is 5.91 Å². The van der Waals surface area contributed by atoms with Crippen molar-refractivity contribution in [3.63, 3.8) is 0 Å². The van der Waals surface area contributed by atoms with E-state index < -0.39 is 5.82 Å². The van der Waals surface area contributed by atoms with Gasteiger partial charge in [-0.2, -0.15) is 0 Å². The van der Waals surface area contributed by atoms with Gasteiger partial charge >= 0.3 is 0 Å². The molecule has 2 aromatic rings. The first-order valence-electron chi connectivity index (χ1n) is 10.5. The van der Waals surface area contributed by atoms with E-state index in [1.165, 1.54) is 12.1 Å². The number of piperazine rings is 1. The highest BCUT2D eigenvalue weighted by Gasteiger charge is 2.25. The fourth-order valence-corrected chi connectivity index (χ4v) is 3.45. The summed E-state index contributed by atoms with van der Waals surface area (Å²) in [5, 5.41) is 2.89. The molecule has 1 aliphatic heterocycles. The highest BCUT2D eigenvalue weighted by Crippen LogP contribution is 2.29. The van der Waals surface area contributed by atoms with Crippen LogP contribution in [0.25, 0.3) is 0 Å². The van der Waals surface area contributed by atoms with Crippen molar-refractivity contribution in [2.45, 2.75) is 13.8 Å². The Morgan fingerprint density at radius 2 is 1.71 bits per heavy atom. The van der Waals surface area contributed by atoms with Crippen molar-refractivity contribution in [1.82, 2.24) is 9.80 Å². The molecule has 3 rings (SSSR count). The van der Waals surface area contributed by atoms with Crippen molar-refractivity contribution in [3.8, 4) is 11.5 Å². The third-order valence-corrected chi connectivity index (χ3v) is 4.97. The van der Waals surface area contributed by atoms with E-state index in [4.69, 9.17) is 9.47 Å². The van der Waals surface area contributed by atoms with Crippen LogP contribution in [-0.2, 0) is 4.79 Å². The molecular formula is C23H28FN3O4. The van der Waals surface area contributed by atoms with E-state index >= 15 is 0 Å². The first-order valence-corrected chi connectivity index (χ1v) is 10.5. The molecular weight excluding hydrogens is 401 g/mol. The third-order valence-electron chi connectivity index (χ3n) is 4.97. The number of carbonyl (C=O) groups is 2. The fourth-order valence-electron chi connectivity index (χ4n) is 3.45. The maximum Gasteiger partial charge on any atom is 0.256 e. The quantitative estimate of drug-likeness (QED) is 0.699. The highest BCUT2D eigenvalue weighted by molar-refractivity contribution is 5.95. The Balaban J connectivity index is 1.55. The molecule has 0 aliphatic carbocycles. The average molecular weight is 429 g/mol. The summed E-state index contributed by atoms with van der Waals surface area (Å²) in [6.45, 7) is 6.90. The number of halogens is 1. The van der Waals surface area contributed by atoms with Crippen molar-refractivity contribution in [3.05, 3.63) is 53.8 Å². The van der Waals surface area contributed by atoms with Crippen LogP contribution < -0.4 is 14.8 Å². The smallest absolute Gasteiger partial charge is 0.256 e. The molecule has 31 heavy (non-hydrogen) atoms. The number of hydrogen-bond acceptors (Lipinski definition) is 5. The van der Waals surface area contributed by atoms with Crippen LogP contribution in [0.15, 0.2) is 42.5 Å². The standard InChI is InChI=1S/C23H28FN3O4/c1-3-30-17-9-10-21(31-4-2)20(15-17)25-22(28)16-26-11-13-27(14-12-26)23(29)18-7-5-6-8-19(18)24/h5-10,15H,3-4,11-14,16H2,1-2H3,(H,25,28). The van der Waals surface area contributed by atoms with E-state index in [9.17, 15) is 14.0 Å². The predicted octanol–water partition coefficient (Wildman–Crippen LogP) is 3.02. The Hall–Kier alpha value is -3.13. The van der Waals surface area contributed by atoms with Crippen molar-refractivity contribution < 1.29 is 23.5 Å². The number of ether oxygens (including phenoxy) is 2. The summed E-state index contributed by atoms with van der Waals surface area (Å²) in [7, 11) is 0. The van der Waals surface area contributed by atoms with Crippen LogP contribution >= 0.6 is 0 Å². The second-order valence-electron chi connectivity index (χ2n) is 7.12. The lowest BCUT2D eigenvalue weighted by atomic mass is 10.1. The van der Waals surface area contributed by atoms with Gasteiger partial charge in [-0.15, -0.1) is 0 Å². The molecule has 1 saturated heterocycles. The summed E-state index contributed by atoms with van der Waals surface area (Å²) < 4.78 is 25.0. The average Bonchev–Trinajstić information content (AvgIpc) is 2.76. The summed E-state index contributed by atoms with van der Waals surface area (Å²) in [6, 6.07) is 11.3.